The lowest BCUT2D eigenvalue weighted by Crippen LogP contribution is -2.42. The predicted molar refractivity (Wildman–Crippen MR) is 75.3 cm³/mol. The van der Waals surface area contributed by atoms with E-state index in [4.69, 9.17) is 10.5 Å². The van der Waals surface area contributed by atoms with Gasteiger partial charge >= 0.3 is 0 Å². The van der Waals surface area contributed by atoms with Gasteiger partial charge in [-0.2, -0.15) is 0 Å². The maximum absolute atomic E-state index is 12.4. The zero-order chi connectivity index (χ0) is 14.6. The van der Waals surface area contributed by atoms with Gasteiger partial charge in [-0.3, -0.25) is 4.79 Å². The molecular formula is C14H22N2O3. The molecule has 0 heterocycles. The van der Waals surface area contributed by atoms with E-state index < -0.39 is 5.60 Å². The van der Waals surface area contributed by atoms with Crippen LogP contribution in [0.25, 0.3) is 0 Å². The molecule has 0 saturated carbocycles. The number of methoxy groups -OCH3 is 1. The number of nitrogens with zero attached hydrogens (tertiary/aromatic N) is 1. The van der Waals surface area contributed by atoms with E-state index >= 15 is 0 Å². The van der Waals surface area contributed by atoms with E-state index in [1.807, 2.05) is 6.92 Å². The SMILES string of the molecule is CCN(CC(C)(C)O)C(=O)c1ccc(N)c(OC)c1. The lowest BCUT2D eigenvalue weighted by atomic mass is 10.1. The summed E-state index contributed by atoms with van der Waals surface area (Å²) >= 11 is 0. The Kier molecular flexibility index (Phi) is 4.78. The number of benzene rings is 1. The van der Waals surface area contributed by atoms with E-state index in [1.54, 1.807) is 36.9 Å². The van der Waals surface area contributed by atoms with Crippen molar-refractivity contribution in [3.8, 4) is 5.75 Å². The minimum Gasteiger partial charge on any atom is -0.495 e. The number of rotatable bonds is 5. The molecule has 106 valence electrons. The summed E-state index contributed by atoms with van der Waals surface area (Å²) in [5.74, 6) is 0.327. The van der Waals surface area contributed by atoms with Crippen molar-refractivity contribution in [2.24, 2.45) is 0 Å². The van der Waals surface area contributed by atoms with Crippen LogP contribution in [0, 0.1) is 0 Å². The number of likely N-dealkylation sites (N-methyl/N-ethyl adjacent to an activating group) is 1. The van der Waals surface area contributed by atoms with Crippen LogP contribution in [0.5, 0.6) is 5.75 Å². The number of anilines is 1. The highest BCUT2D eigenvalue weighted by Gasteiger charge is 2.22. The molecule has 5 nitrogen and oxygen atoms in total. The quantitative estimate of drug-likeness (QED) is 0.792. The summed E-state index contributed by atoms with van der Waals surface area (Å²) in [5, 5.41) is 9.82. The molecule has 3 N–H and O–H groups in total. The second-order valence-corrected chi connectivity index (χ2v) is 5.09. The van der Waals surface area contributed by atoms with Crippen LogP contribution in [0.3, 0.4) is 0 Å². The summed E-state index contributed by atoms with van der Waals surface area (Å²) in [6.45, 7) is 6.02. The van der Waals surface area contributed by atoms with Gasteiger partial charge in [0.2, 0.25) is 0 Å². The van der Waals surface area contributed by atoms with Gasteiger partial charge in [0, 0.05) is 18.7 Å². The van der Waals surface area contributed by atoms with Crippen LogP contribution >= 0.6 is 0 Å². The summed E-state index contributed by atoms with van der Waals surface area (Å²) in [6.07, 6.45) is 0. The fraction of sp³-hybridized carbons (Fsp3) is 0.500. The van der Waals surface area contributed by atoms with Crippen LogP contribution in [0.2, 0.25) is 0 Å². The third-order valence-electron chi connectivity index (χ3n) is 2.73. The minimum atomic E-state index is -0.927. The van der Waals surface area contributed by atoms with Gasteiger partial charge in [0.25, 0.3) is 5.91 Å². The normalized spacial score (nSPS) is 11.2. The van der Waals surface area contributed by atoms with Crippen molar-refractivity contribution in [1.82, 2.24) is 4.90 Å². The Bertz CT molecular complexity index is 452. The molecule has 19 heavy (non-hydrogen) atoms. The third kappa shape index (κ3) is 4.13. The Morgan fingerprint density at radius 2 is 2.11 bits per heavy atom. The monoisotopic (exact) mass is 266 g/mol. The molecule has 0 spiro atoms. The number of nitrogens with two attached hydrogens (primary N) is 1. The first-order valence-corrected chi connectivity index (χ1v) is 6.23. The van der Waals surface area contributed by atoms with Gasteiger partial charge in [0.15, 0.2) is 0 Å². The molecule has 1 rings (SSSR count). The number of ether oxygens (including phenoxy) is 1. The second kappa shape index (κ2) is 5.93. The number of hydrogen-bond acceptors (Lipinski definition) is 4. The molecule has 0 aliphatic heterocycles. The summed E-state index contributed by atoms with van der Waals surface area (Å²) in [6, 6.07) is 4.92. The maximum Gasteiger partial charge on any atom is 0.254 e. The Morgan fingerprint density at radius 3 is 2.58 bits per heavy atom. The van der Waals surface area contributed by atoms with E-state index in [-0.39, 0.29) is 12.5 Å². The molecule has 0 aliphatic rings. The van der Waals surface area contributed by atoms with Gasteiger partial charge in [-0.25, -0.2) is 0 Å². The smallest absolute Gasteiger partial charge is 0.254 e. The minimum absolute atomic E-state index is 0.150. The largest absolute Gasteiger partial charge is 0.495 e. The van der Waals surface area contributed by atoms with Gasteiger partial charge < -0.3 is 20.5 Å². The molecule has 1 aromatic carbocycles. The zero-order valence-electron chi connectivity index (χ0n) is 11.9. The number of amides is 1. The first-order valence-electron chi connectivity index (χ1n) is 6.23. The summed E-state index contributed by atoms with van der Waals surface area (Å²) in [5.41, 5.74) is 5.78. The van der Waals surface area contributed by atoms with Crippen molar-refractivity contribution in [2.75, 3.05) is 25.9 Å². The first kappa shape index (κ1) is 15.3. The second-order valence-electron chi connectivity index (χ2n) is 5.09. The number of hydrogen-bond donors (Lipinski definition) is 2. The molecule has 0 aliphatic carbocycles. The molecule has 0 fully saturated rings. The van der Waals surface area contributed by atoms with Gasteiger partial charge in [-0.15, -0.1) is 0 Å². The molecule has 0 bridgehead atoms. The third-order valence-corrected chi connectivity index (χ3v) is 2.73. The van der Waals surface area contributed by atoms with E-state index in [0.29, 0.717) is 23.5 Å². The van der Waals surface area contributed by atoms with Crippen LogP contribution in [-0.2, 0) is 0 Å². The summed E-state index contributed by atoms with van der Waals surface area (Å²) in [4.78, 5) is 13.9. The van der Waals surface area contributed by atoms with E-state index in [1.165, 1.54) is 7.11 Å². The maximum atomic E-state index is 12.4. The van der Waals surface area contributed by atoms with Gasteiger partial charge in [0.1, 0.15) is 5.75 Å². The van der Waals surface area contributed by atoms with Gasteiger partial charge in [-0.05, 0) is 39.0 Å². The molecule has 1 amide bonds. The van der Waals surface area contributed by atoms with Crippen molar-refractivity contribution in [3.63, 3.8) is 0 Å². The van der Waals surface area contributed by atoms with Crippen molar-refractivity contribution in [2.45, 2.75) is 26.4 Å². The number of nitrogen functional groups attached to an aromatic ring is 1. The van der Waals surface area contributed by atoms with E-state index in [9.17, 15) is 9.90 Å². The molecule has 0 atom stereocenters. The van der Waals surface area contributed by atoms with Gasteiger partial charge in [-0.1, -0.05) is 0 Å². The van der Waals surface area contributed by atoms with Crippen molar-refractivity contribution < 1.29 is 14.6 Å². The predicted octanol–water partition coefficient (Wildman–Crippen LogP) is 1.51. The van der Waals surface area contributed by atoms with Crippen molar-refractivity contribution >= 4 is 11.6 Å². The highest BCUT2D eigenvalue weighted by atomic mass is 16.5. The molecule has 0 unspecified atom stereocenters. The molecule has 1 aromatic rings. The number of aliphatic hydroxyl groups is 1. The molecule has 0 aromatic heterocycles. The van der Waals surface area contributed by atoms with Crippen LogP contribution in [-0.4, -0.2) is 41.7 Å². The number of carbonyl (C=O) groups is 1. The summed E-state index contributed by atoms with van der Waals surface area (Å²) in [7, 11) is 1.51. The highest BCUT2D eigenvalue weighted by Crippen LogP contribution is 2.23. The average molecular weight is 266 g/mol. The molecule has 0 radical (unpaired) electrons. The Balaban J connectivity index is 2.97. The standard InChI is InChI=1S/C14H22N2O3/c1-5-16(9-14(2,3)18)13(17)10-6-7-11(15)12(8-10)19-4/h6-8,18H,5,9,15H2,1-4H3. The van der Waals surface area contributed by atoms with Crippen molar-refractivity contribution in [1.29, 1.82) is 0 Å². The van der Waals surface area contributed by atoms with Crippen LogP contribution < -0.4 is 10.5 Å². The molecule has 0 saturated heterocycles. The fourth-order valence-electron chi connectivity index (χ4n) is 1.82. The highest BCUT2D eigenvalue weighted by molar-refractivity contribution is 5.95. The first-order chi connectivity index (χ1) is 8.78. The Hall–Kier alpha value is -1.75. The van der Waals surface area contributed by atoms with Crippen LogP contribution in [0.15, 0.2) is 18.2 Å². The van der Waals surface area contributed by atoms with Crippen molar-refractivity contribution in [3.05, 3.63) is 23.8 Å². The fourth-order valence-corrected chi connectivity index (χ4v) is 1.82. The molecular weight excluding hydrogens is 244 g/mol. The van der Waals surface area contributed by atoms with E-state index in [2.05, 4.69) is 0 Å². The number of carbonyl (C=O) groups excluding carboxylic acids is 1. The lowest BCUT2D eigenvalue weighted by molar-refractivity contribution is 0.0314. The lowest BCUT2D eigenvalue weighted by Gasteiger charge is -2.28. The molecule has 5 heteroatoms. The summed E-state index contributed by atoms with van der Waals surface area (Å²) < 4.78 is 5.10. The van der Waals surface area contributed by atoms with Crippen LogP contribution in [0.4, 0.5) is 5.69 Å². The van der Waals surface area contributed by atoms with E-state index in [0.717, 1.165) is 0 Å². The van der Waals surface area contributed by atoms with Gasteiger partial charge in [0.05, 0.1) is 18.4 Å². The average Bonchev–Trinajstić information content (AvgIpc) is 2.34. The Morgan fingerprint density at radius 1 is 1.47 bits per heavy atom. The zero-order valence-corrected chi connectivity index (χ0v) is 11.9. The van der Waals surface area contributed by atoms with Crippen LogP contribution in [0.1, 0.15) is 31.1 Å². The topological polar surface area (TPSA) is 75.8 Å². The Labute approximate surface area is 114 Å².